The Balaban J connectivity index is 1.55. The maximum absolute atomic E-state index is 13.1. The van der Waals surface area contributed by atoms with Crippen LogP contribution in [0, 0.1) is 12.7 Å². The van der Waals surface area contributed by atoms with Crippen molar-refractivity contribution in [1.29, 1.82) is 0 Å². The van der Waals surface area contributed by atoms with Crippen LogP contribution in [0.3, 0.4) is 0 Å². The molecule has 0 bridgehead atoms. The van der Waals surface area contributed by atoms with Crippen molar-refractivity contribution in [2.75, 3.05) is 11.9 Å². The summed E-state index contributed by atoms with van der Waals surface area (Å²) in [7, 11) is 0. The first kappa shape index (κ1) is 20.1. The summed E-state index contributed by atoms with van der Waals surface area (Å²) < 4.78 is 18.9. The summed E-state index contributed by atoms with van der Waals surface area (Å²) in [4.78, 5) is 34.0. The van der Waals surface area contributed by atoms with Crippen molar-refractivity contribution in [2.24, 2.45) is 0 Å². The minimum Gasteiger partial charge on any atom is -0.462 e. The summed E-state index contributed by atoms with van der Waals surface area (Å²) in [5.41, 5.74) is 2.45. The number of carbonyl (C=O) groups is 2. The fourth-order valence-electron chi connectivity index (χ4n) is 2.80. The number of aryl methyl sites for hydroxylation is 1. The van der Waals surface area contributed by atoms with Crippen LogP contribution in [0.4, 0.5) is 9.52 Å². The number of nitrogens with zero attached hydrogens (tertiary/aromatic N) is 2. The van der Waals surface area contributed by atoms with Gasteiger partial charge in [0.05, 0.1) is 28.1 Å². The Morgan fingerprint density at radius 1 is 1.10 bits per heavy atom. The van der Waals surface area contributed by atoms with Gasteiger partial charge in [0.15, 0.2) is 5.13 Å². The summed E-state index contributed by atoms with van der Waals surface area (Å²) in [6.45, 7) is 3.80. The van der Waals surface area contributed by atoms with Gasteiger partial charge in [-0.2, -0.15) is 0 Å². The van der Waals surface area contributed by atoms with E-state index in [4.69, 9.17) is 4.74 Å². The van der Waals surface area contributed by atoms with E-state index in [9.17, 15) is 14.0 Å². The number of halogens is 1. The summed E-state index contributed by atoms with van der Waals surface area (Å²) >= 11 is 2.51. The molecule has 0 radical (unpaired) electrons. The van der Waals surface area contributed by atoms with Gasteiger partial charge in [0, 0.05) is 5.56 Å². The fraction of sp³-hybridized carbons (Fsp3) is 0.143. The van der Waals surface area contributed by atoms with Crippen LogP contribution in [0.1, 0.15) is 32.6 Å². The number of fused-ring (bicyclic) bond motifs is 1. The van der Waals surface area contributed by atoms with Crippen molar-refractivity contribution < 1.29 is 18.7 Å². The monoisotopic (exact) mass is 441 g/mol. The van der Waals surface area contributed by atoms with Gasteiger partial charge in [-0.25, -0.2) is 19.2 Å². The summed E-state index contributed by atoms with van der Waals surface area (Å²) in [5, 5.41) is 3.86. The van der Waals surface area contributed by atoms with E-state index >= 15 is 0 Å². The minimum absolute atomic E-state index is 0.301. The average molecular weight is 442 g/mol. The molecule has 1 N–H and O–H groups in total. The number of ether oxygens (including phenoxy) is 1. The van der Waals surface area contributed by atoms with Crippen LogP contribution in [-0.4, -0.2) is 28.5 Å². The molecule has 4 rings (SSSR count). The topological polar surface area (TPSA) is 81.2 Å². The van der Waals surface area contributed by atoms with Gasteiger partial charge in [-0.3, -0.25) is 10.1 Å². The lowest BCUT2D eigenvalue weighted by molar-refractivity contribution is 0.0526. The maximum Gasteiger partial charge on any atom is 0.338 e. The number of anilines is 1. The second-order valence-corrected chi connectivity index (χ2v) is 8.35. The van der Waals surface area contributed by atoms with Crippen LogP contribution < -0.4 is 5.32 Å². The van der Waals surface area contributed by atoms with Crippen LogP contribution in [0.15, 0.2) is 42.5 Å². The van der Waals surface area contributed by atoms with E-state index in [1.807, 2.05) is 0 Å². The lowest BCUT2D eigenvalue weighted by atomic mass is 10.2. The molecule has 152 valence electrons. The fourth-order valence-corrected chi connectivity index (χ4v) is 4.66. The maximum atomic E-state index is 13.1. The van der Waals surface area contributed by atoms with E-state index in [-0.39, 0.29) is 11.7 Å². The Hall–Kier alpha value is -3.17. The highest BCUT2D eigenvalue weighted by Crippen LogP contribution is 2.31. The molecule has 0 aliphatic rings. The van der Waals surface area contributed by atoms with Gasteiger partial charge in [0.25, 0.3) is 5.91 Å². The van der Waals surface area contributed by atoms with Gasteiger partial charge in [-0.15, -0.1) is 11.3 Å². The third kappa shape index (κ3) is 4.07. The number of aromatic nitrogens is 2. The second kappa shape index (κ2) is 8.29. The SMILES string of the molecule is CCOC(=O)c1ccc2nc(NC(=O)c3sc(-c4ccc(F)cc4)nc3C)sc2c1. The zero-order valence-corrected chi connectivity index (χ0v) is 17.7. The van der Waals surface area contributed by atoms with Gasteiger partial charge >= 0.3 is 5.97 Å². The summed E-state index contributed by atoms with van der Waals surface area (Å²) in [6.07, 6.45) is 0. The molecule has 2 heterocycles. The normalized spacial score (nSPS) is 10.9. The Morgan fingerprint density at radius 3 is 2.60 bits per heavy atom. The Morgan fingerprint density at radius 2 is 1.87 bits per heavy atom. The minimum atomic E-state index is -0.396. The van der Waals surface area contributed by atoms with Crippen LogP contribution in [-0.2, 0) is 4.74 Å². The first-order valence-electron chi connectivity index (χ1n) is 9.07. The molecule has 2 aromatic carbocycles. The van der Waals surface area contributed by atoms with Gasteiger partial charge in [-0.1, -0.05) is 11.3 Å². The lowest BCUT2D eigenvalue weighted by Crippen LogP contribution is -2.11. The van der Waals surface area contributed by atoms with Crippen LogP contribution in [0.25, 0.3) is 20.8 Å². The van der Waals surface area contributed by atoms with Crippen LogP contribution >= 0.6 is 22.7 Å². The standard InChI is InChI=1S/C21H16FN3O3S2/c1-3-28-20(27)13-6-9-15-16(10-13)29-21(24-15)25-18(26)17-11(2)23-19(30-17)12-4-7-14(22)8-5-12/h4-10H,3H2,1-2H3,(H,24,25,26). The van der Waals surface area contributed by atoms with E-state index in [0.717, 1.165) is 10.3 Å². The van der Waals surface area contributed by atoms with Crippen molar-refractivity contribution >= 4 is 49.9 Å². The Kier molecular flexibility index (Phi) is 5.56. The van der Waals surface area contributed by atoms with Gasteiger partial charge < -0.3 is 4.74 Å². The molecule has 0 aliphatic carbocycles. The van der Waals surface area contributed by atoms with Crippen molar-refractivity contribution in [1.82, 2.24) is 9.97 Å². The number of nitrogens with one attached hydrogen (secondary N) is 1. The molecule has 9 heteroatoms. The molecule has 0 unspecified atom stereocenters. The highest BCUT2D eigenvalue weighted by Gasteiger charge is 2.18. The number of thiazole rings is 2. The van der Waals surface area contributed by atoms with E-state index in [1.165, 1.54) is 34.8 Å². The predicted molar refractivity (Wildman–Crippen MR) is 116 cm³/mol. The molecule has 0 aliphatic heterocycles. The van der Waals surface area contributed by atoms with Gasteiger partial charge in [-0.05, 0) is 56.3 Å². The first-order chi connectivity index (χ1) is 14.4. The van der Waals surface area contributed by atoms with E-state index in [1.54, 1.807) is 44.2 Å². The van der Waals surface area contributed by atoms with Crippen molar-refractivity contribution in [3.8, 4) is 10.6 Å². The highest BCUT2D eigenvalue weighted by molar-refractivity contribution is 7.22. The molecule has 0 saturated heterocycles. The highest BCUT2D eigenvalue weighted by atomic mass is 32.1. The average Bonchev–Trinajstić information content (AvgIpc) is 3.30. The molecule has 0 fully saturated rings. The first-order valence-corrected chi connectivity index (χ1v) is 10.7. The zero-order chi connectivity index (χ0) is 21.3. The van der Waals surface area contributed by atoms with Crippen LogP contribution in [0.5, 0.6) is 0 Å². The predicted octanol–water partition coefficient (Wildman–Crippen LogP) is 5.30. The number of hydrogen-bond acceptors (Lipinski definition) is 7. The molecule has 4 aromatic rings. The zero-order valence-electron chi connectivity index (χ0n) is 16.1. The quantitative estimate of drug-likeness (QED) is 0.425. The van der Waals surface area contributed by atoms with Crippen molar-refractivity contribution in [3.05, 3.63) is 64.4 Å². The molecule has 6 nitrogen and oxygen atoms in total. The largest absolute Gasteiger partial charge is 0.462 e. The van der Waals surface area contributed by atoms with Gasteiger partial charge in [0.2, 0.25) is 0 Å². The Labute approximate surface area is 179 Å². The van der Waals surface area contributed by atoms with E-state index in [2.05, 4.69) is 15.3 Å². The number of esters is 1. The van der Waals surface area contributed by atoms with E-state index in [0.29, 0.717) is 38.4 Å². The molecule has 0 spiro atoms. The molecule has 0 saturated carbocycles. The number of rotatable bonds is 5. The molecule has 30 heavy (non-hydrogen) atoms. The van der Waals surface area contributed by atoms with Crippen LogP contribution in [0.2, 0.25) is 0 Å². The van der Waals surface area contributed by atoms with Crippen molar-refractivity contribution in [3.63, 3.8) is 0 Å². The Bertz CT molecular complexity index is 1250. The third-order valence-electron chi connectivity index (χ3n) is 4.21. The number of hydrogen-bond donors (Lipinski definition) is 1. The van der Waals surface area contributed by atoms with Crippen molar-refractivity contribution in [2.45, 2.75) is 13.8 Å². The third-order valence-corrected chi connectivity index (χ3v) is 6.35. The molecular formula is C21H16FN3O3S2. The number of carbonyl (C=O) groups excluding carboxylic acids is 2. The smallest absolute Gasteiger partial charge is 0.338 e. The summed E-state index contributed by atoms with van der Waals surface area (Å²) in [6, 6.07) is 11.0. The molecule has 2 aromatic heterocycles. The lowest BCUT2D eigenvalue weighted by Gasteiger charge is -2.00. The molecule has 0 atom stereocenters. The molecule has 1 amide bonds. The molecular weight excluding hydrogens is 425 g/mol. The second-order valence-electron chi connectivity index (χ2n) is 6.32. The van der Waals surface area contributed by atoms with Gasteiger partial charge in [0.1, 0.15) is 15.7 Å². The summed E-state index contributed by atoms with van der Waals surface area (Å²) in [5.74, 6) is -1.04. The number of amides is 1. The number of benzene rings is 2. The van der Waals surface area contributed by atoms with E-state index < -0.39 is 5.97 Å².